The Hall–Kier alpha value is -1.49. The molecular formula is C8H8N4S. The zero-order valence-electron chi connectivity index (χ0n) is 7.06. The lowest BCUT2D eigenvalue weighted by atomic mass is 10.3. The summed E-state index contributed by atoms with van der Waals surface area (Å²) in [4.78, 5) is 4.17. The first kappa shape index (κ1) is 8.12. The molecule has 0 atom stereocenters. The Morgan fingerprint density at radius 1 is 1.46 bits per heavy atom. The lowest BCUT2D eigenvalue weighted by Crippen LogP contribution is -1.93. The molecule has 2 rings (SSSR count). The average molecular weight is 192 g/mol. The van der Waals surface area contributed by atoms with Crippen molar-refractivity contribution in [2.24, 2.45) is 7.05 Å². The van der Waals surface area contributed by atoms with E-state index in [1.54, 1.807) is 10.8 Å². The maximum Gasteiger partial charge on any atom is 0.195 e. The van der Waals surface area contributed by atoms with Crippen LogP contribution in [-0.2, 0) is 7.05 Å². The molecule has 4 nitrogen and oxygen atoms in total. The Morgan fingerprint density at radius 3 is 2.85 bits per heavy atom. The molecule has 2 aromatic rings. The molecule has 66 valence electrons. The highest BCUT2D eigenvalue weighted by Gasteiger charge is 2.04. The maximum atomic E-state index is 4.99. The number of rotatable bonds is 1. The van der Waals surface area contributed by atoms with Gasteiger partial charge in [-0.1, -0.05) is 6.07 Å². The molecule has 0 aliphatic rings. The van der Waals surface area contributed by atoms with Crippen LogP contribution in [0.2, 0.25) is 0 Å². The fourth-order valence-electron chi connectivity index (χ4n) is 1.07. The second kappa shape index (κ2) is 3.10. The number of hydrogen-bond donors (Lipinski definition) is 1. The van der Waals surface area contributed by atoms with E-state index in [1.807, 2.05) is 25.2 Å². The highest BCUT2D eigenvalue weighted by Crippen LogP contribution is 2.11. The molecule has 0 spiro atoms. The normalized spacial score (nSPS) is 10.2. The number of nitrogens with one attached hydrogen (secondary N) is 1. The summed E-state index contributed by atoms with van der Waals surface area (Å²) in [6.07, 6.45) is 1.73. The Balaban J connectivity index is 2.60. The predicted octanol–water partition coefficient (Wildman–Crippen LogP) is 1.54. The smallest absolute Gasteiger partial charge is 0.195 e. The van der Waals surface area contributed by atoms with Gasteiger partial charge in [-0.25, -0.2) is 0 Å². The van der Waals surface area contributed by atoms with Gasteiger partial charge in [0.1, 0.15) is 5.69 Å². The molecule has 5 heteroatoms. The SMILES string of the molecule is Cn1c(-c2ccccn2)n[nH]c1=S. The molecule has 0 saturated carbocycles. The summed E-state index contributed by atoms with van der Waals surface area (Å²) in [7, 11) is 1.86. The van der Waals surface area contributed by atoms with Gasteiger partial charge in [0.05, 0.1) is 0 Å². The highest BCUT2D eigenvalue weighted by molar-refractivity contribution is 7.71. The van der Waals surface area contributed by atoms with Crippen LogP contribution in [-0.4, -0.2) is 19.7 Å². The zero-order chi connectivity index (χ0) is 9.26. The third-order valence-corrected chi connectivity index (χ3v) is 2.14. The molecule has 0 fully saturated rings. The van der Waals surface area contributed by atoms with Crippen molar-refractivity contribution in [3.8, 4) is 11.5 Å². The summed E-state index contributed by atoms with van der Waals surface area (Å²) >= 11 is 4.99. The van der Waals surface area contributed by atoms with Gasteiger partial charge in [-0.3, -0.25) is 10.1 Å². The minimum atomic E-state index is 0.598. The third kappa shape index (κ3) is 1.38. The Morgan fingerprint density at radius 2 is 2.31 bits per heavy atom. The molecule has 1 N–H and O–H groups in total. The number of H-pyrrole nitrogens is 1. The summed E-state index contributed by atoms with van der Waals surface area (Å²) in [5, 5.41) is 6.78. The largest absolute Gasteiger partial charge is 0.302 e. The predicted molar refractivity (Wildman–Crippen MR) is 51.6 cm³/mol. The van der Waals surface area contributed by atoms with Crippen LogP contribution < -0.4 is 0 Å². The summed E-state index contributed by atoms with van der Waals surface area (Å²) in [5.74, 6) is 0.755. The topological polar surface area (TPSA) is 46.5 Å². The Kier molecular flexibility index (Phi) is 1.94. The van der Waals surface area contributed by atoms with E-state index < -0.39 is 0 Å². The van der Waals surface area contributed by atoms with Gasteiger partial charge in [-0.2, -0.15) is 5.10 Å². The van der Waals surface area contributed by atoms with Gasteiger partial charge in [-0.15, -0.1) is 0 Å². The number of hydrogen-bond acceptors (Lipinski definition) is 3. The molecule has 2 aromatic heterocycles. The first-order valence-corrected chi connectivity index (χ1v) is 4.22. The number of pyridine rings is 1. The molecule has 0 amide bonds. The van der Waals surface area contributed by atoms with E-state index in [-0.39, 0.29) is 0 Å². The molecule has 0 aromatic carbocycles. The van der Waals surface area contributed by atoms with Gasteiger partial charge in [0.2, 0.25) is 0 Å². The van der Waals surface area contributed by atoms with Crippen molar-refractivity contribution in [1.82, 2.24) is 19.7 Å². The van der Waals surface area contributed by atoms with E-state index in [0.29, 0.717) is 4.77 Å². The van der Waals surface area contributed by atoms with Gasteiger partial charge in [0, 0.05) is 13.2 Å². The molecule has 0 aliphatic carbocycles. The van der Waals surface area contributed by atoms with Crippen LogP contribution in [0.3, 0.4) is 0 Å². The molecule has 0 aliphatic heterocycles. The summed E-state index contributed by atoms with van der Waals surface area (Å²) in [6.45, 7) is 0. The molecule has 0 bridgehead atoms. The average Bonchev–Trinajstić information content (AvgIpc) is 2.49. The first-order valence-electron chi connectivity index (χ1n) is 3.82. The number of aromatic nitrogens is 4. The van der Waals surface area contributed by atoms with Gasteiger partial charge in [0.25, 0.3) is 0 Å². The van der Waals surface area contributed by atoms with Crippen LogP contribution in [0.25, 0.3) is 11.5 Å². The summed E-state index contributed by atoms with van der Waals surface area (Å²) < 4.78 is 2.39. The Labute approximate surface area is 80.3 Å². The van der Waals surface area contributed by atoms with Gasteiger partial charge in [0.15, 0.2) is 10.6 Å². The zero-order valence-corrected chi connectivity index (χ0v) is 7.88. The van der Waals surface area contributed by atoms with Gasteiger partial charge < -0.3 is 4.57 Å². The molecular weight excluding hydrogens is 184 g/mol. The molecule has 0 unspecified atom stereocenters. The van der Waals surface area contributed by atoms with Crippen molar-refractivity contribution in [3.05, 3.63) is 29.2 Å². The standard InChI is InChI=1S/C8H8N4S/c1-12-7(10-11-8(12)13)6-4-2-3-5-9-6/h2-5H,1H3,(H,11,13). The minimum Gasteiger partial charge on any atom is -0.302 e. The van der Waals surface area contributed by atoms with Crippen molar-refractivity contribution in [3.63, 3.8) is 0 Å². The van der Waals surface area contributed by atoms with Crippen molar-refractivity contribution < 1.29 is 0 Å². The van der Waals surface area contributed by atoms with Gasteiger partial charge >= 0.3 is 0 Å². The van der Waals surface area contributed by atoms with E-state index in [1.165, 1.54) is 0 Å². The second-order valence-electron chi connectivity index (χ2n) is 2.63. The van der Waals surface area contributed by atoms with E-state index in [4.69, 9.17) is 12.2 Å². The number of aromatic amines is 1. The van der Waals surface area contributed by atoms with E-state index in [9.17, 15) is 0 Å². The third-order valence-electron chi connectivity index (χ3n) is 1.77. The quantitative estimate of drug-likeness (QED) is 0.697. The van der Waals surface area contributed by atoms with Crippen LogP contribution in [0.15, 0.2) is 24.4 Å². The lowest BCUT2D eigenvalue weighted by Gasteiger charge is -1.97. The maximum absolute atomic E-state index is 4.99. The minimum absolute atomic E-state index is 0.598. The van der Waals surface area contributed by atoms with Crippen LogP contribution >= 0.6 is 12.2 Å². The summed E-state index contributed by atoms with van der Waals surface area (Å²) in [6, 6.07) is 5.68. The molecule has 0 radical (unpaired) electrons. The van der Waals surface area contributed by atoms with Crippen molar-refractivity contribution >= 4 is 12.2 Å². The monoisotopic (exact) mass is 192 g/mol. The first-order chi connectivity index (χ1) is 6.29. The highest BCUT2D eigenvalue weighted by atomic mass is 32.1. The van der Waals surface area contributed by atoms with Crippen LogP contribution in [0.5, 0.6) is 0 Å². The summed E-state index contributed by atoms with van der Waals surface area (Å²) in [5.41, 5.74) is 0.817. The fourth-order valence-corrected chi connectivity index (χ4v) is 1.20. The Bertz CT molecular complexity index is 456. The van der Waals surface area contributed by atoms with E-state index >= 15 is 0 Å². The van der Waals surface area contributed by atoms with Crippen LogP contribution in [0.1, 0.15) is 0 Å². The molecule has 0 saturated heterocycles. The van der Waals surface area contributed by atoms with Crippen LogP contribution in [0, 0.1) is 4.77 Å². The van der Waals surface area contributed by atoms with E-state index in [0.717, 1.165) is 11.5 Å². The van der Waals surface area contributed by atoms with Crippen molar-refractivity contribution in [1.29, 1.82) is 0 Å². The van der Waals surface area contributed by atoms with Crippen LogP contribution in [0.4, 0.5) is 0 Å². The lowest BCUT2D eigenvalue weighted by molar-refractivity contribution is 0.897. The fraction of sp³-hybridized carbons (Fsp3) is 0.125. The van der Waals surface area contributed by atoms with Gasteiger partial charge in [-0.05, 0) is 24.4 Å². The second-order valence-corrected chi connectivity index (χ2v) is 3.01. The van der Waals surface area contributed by atoms with Crippen molar-refractivity contribution in [2.45, 2.75) is 0 Å². The number of nitrogens with zero attached hydrogens (tertiary/aromatic N) is 3. The van der Waals surface area contributed by atoms with Crippen molar-refractivity contribution in [2.75, 3.05) is 0 Å². The molecule has 2 heterocycles. The molecule has 13 heavy (non-hydrogen) atoms. The van der Waals surface area contributed by atoms with E-state index in [2.05, 4.69) is 15.2 Å².